The molecular formula is C23H25N9O5S3. The van der Waals surface area contributed by atoms with Crippen LogP contribution in [0.25, 0.3) is 5.65 Å². The molecule has 2 aliphatic heterocycles. The van der Waals surface area contributed by atoms with Crippen LogP contribution in [0.3, 0.4) is 0 Å². The molecule has 0 aliphatic carbocycles. The van der Waals surface area contributed by atoms with Crippen molar-refractivity contribution < 1.29 is 28.9 Å². The number of aromatic nitrogens is 4. The molecule has 2 amide bonds. The van der Waals surface area contributed by atoms with Crippen molar-refractivity contribution in [1.82, 2.24) is 24.0 Å². The number of rotatable bonds is 11. The van der Waals surface area contributed by atoms with Crippen molar-refractivity contribution in [2.45, 2.75) is 29.9 Å². The quantitative estimate of drug-likeness (QED) is 0.0763. The number of anilines is 1. The van der Waals surface area contributed by atoms with Crippen LogP contribution in [0.4, 0.5) is 5.13 Å². The summed E-state index contributed by atoms with van der Waals surface area (Å²) < 4.78 is 7.91. The van der Waals surface area contributed by atoms with Gasteiger partial charge in [-0.15, -0.1) is 11.8 Å². The number of imidazole rings is 1. The largest absolute Gasteiger partial charge is 0.543 e. The van der Waals surface area contributed by atoms with Gasteiger partial charge in [-0.3, -0.25) is 14.5 Å². The van der Waals surface area contributed by atoms with Crippen LogP contribution >= 0.6 is 35.1 Å². The molecule has 1 saturated heterocycles. The Morgan fingerprint density at radius 2 is 2.23 bits per heavy atom. The molecule has 0 bridgehead atoms. The lowest BCUT2D eigenvalue weighted by molar-refractivity contribution is -0.662. The lowest BCUT2D eigenvalue weighted by Gasteiger charge is -2.50. The second-order valence-electron chi connectivity index (χ2n) is 8.57. The second kappa shape index (κ2) is 11.8. The van der Waals surface area contributed by atoms with Crippen LogP contribution in [0.2, 0.25) is 0 Å². The normalized spacial score (nSPS) is 19.0. The number of nitrogen functional groups attached to an aromatic ring is 1. The second-order valence-corrected chi connectivity index (χ2v) is 11.6. The van der Waals surface area contributed by atoms with E-state index in [1.807, 2.05) is 39.6 Å². The van der Waals surface area contributed by atoms with Crippen LogP contribution in [0.5, 0.6) is 0 Å². The highest BCUT2D eigenvalue weighted by Gasteiger charge is 2.53. The Morgan fingerprint density at radius 1 is 1.40 bits per heavy atom. The predicted molar refractivity (Wildman–Crippen MR) is 147 cm³/mol. The van der Waals surface area contributed by atoms with Gasteiger partial charge in [0.25, 0.3) is 17.5 Å². The molecule has 0 saturated carbocycles. The van der Waals surface area contributed by atoms with Crippen LogP contribution in [-0.4, -0.2) is 78.2 Å². The van der Waals surface area contributed by atoms with Crippen LogP contribution in [-0.2, 0) is 25.8 Å². The van der Waals surface area contributed by atoms with E-state index in [4.69, 9.17) is 16.3 Å². The van der Waals surface area contributed by atoms with Gasteiger partial charge in [-0.25, -0.2) is 4.57 Å². The maximum atomic E-state index is 13.2. The van der Waals surface area contributed by atoms with E-state index in [1.54, 1.807) is 18.7 Å². The molecule has 0 radical (unpaired) electrons. The summed E-state index contributed by atoms with van der Waals surface area (Å²) in [6, 6.07) is 4.86. The third-order valence-electron chi connectivity index (χ3n) is 6.07. The van der Waals surface area contributed by atoms with E-state index in [9.17, 15) is 19.5 Å². The number of carboxylic acid groups (broad SMARTS) is 1. The van der Waals surface area contributed by atoms with Gasteiger partial charge in [-0.2, -0.15) is 13.8 Å². The molecule has 0 unspecified atom stereocenters. The fourth-order valence-electron chi connectivity index (χ4n) is 4.37. The standard InChI is InChI=1S/C23H25N9O5S3/c1-2-37-28-15(18-27-23(25)40-29-18)19(33)26-16-20(34)32-17(22(35)36)12(11-39-21(16)32)10-30-7-8-31-13(30)4-3-5-14(31)38-9-6-24/h3-5,7-8,16,21H,2,6,9-11,24H2,1H3,(H3-,25,26,27,29,33,35,36)/b28-15-/t16-,21-/m1/s1. The first-order valence-corrected chi connectivity index (χ1v) is 15.0. The molecule has 3 aromatic heterocycles. The van der Waals surface area contributed by atoms with Gasteiger partial charge in [0, 0.05) is 41.2 Å². The first-order valence-electron chi connectivity index (χ1n) is 12.1. The number of pyridine rings is 1. The number of carbonyl (C=O) groups is 3. The molecule has 2 aliphatic rings. The molecule has 3 aromatic rings. The van der Waals surface area contributed by atoms with Crippen molar-refractivity contribution in [3.8, 4) is 0 Å². The fourth-order valence-corrected chi connectivity index (χ4v) is 6.93. The number of fused-ring (bicyclic) bond motifs is 2. The van der Waals surface area contributed by atoms with E-state index in [2.05, 4.69) is 19.8 Å². The van der Waals surface area contributed by atoms with Gasteiger partial charge in [-0.05, 0) is 19.1 Å². The average Bonchev–Trinajstić information content (AvgIpc) is 3.56. The lowest BCUT2D eigenvalue weighted by Crippen LogP contribution is -2.71. The van der Waals surface area contributed by atoms with Gasteiger partial charge in [0.05, 0.1) is 11.7 Å². The summed E-state index contributed by atoms with van der Waals surface area (Å²) in [4.78, 5) is 48.6. The SMILES string of the molecule is CCO/N=C(\C(=O)N[C@@H]1C(=O)N2C(C(=O)[O-])=C(C[n+]3ccn4c(SCCN)cccc43)CS[C@H]12)c1nsc(N)n1. The van der Waals surface area contributed by atoms with E-state index >= 15 is 0 Å². The Labute approximate surface area is 240 Å². The average molecular weight is 604 g/mol. The summed E-state index contributed by atoms with van der Waals surface area (Å²) in [6.07, 6.45) is 3.76. The number of thioether (sulfide) groups is 2. The van der Waals surface area contributed by atoms with Crippen LogP contribution in [0.1, 0.15) is 12.7 Å². The number of hydrogen-bond acceptors (Lipinski definition) is 13. The highest BCUT2D eigenvalue weighted by atomic mass is 32.2. The molecule has 0 spiro atoms. The Kier molecular flexibility index (Phi) is 8.24. The fraction of sp³-hybridized carbons (Fsp3) is 0.348. The van der Waals surface area contributed by atoms with Crippen molar-refractivity contribution >= 4 is 69.3 Å². The molecule has 40 heavy (non-hydrogen) atoms. The molecule has 2 atom stereocenters. The van der Waals surface area contributed by atoms with Crippen molar-refractivity contribution in [3.05, 3.63) is 47.7 Å². The molecule has 1 fully saturated rings. The van der Waals surface area contributed by atoms with E-state index in [-0.39, 0.29) is 35.5 Å². The zero-order valence-corrected chi connectivity index (χ0v) is 23.6. The number of carbonyl (C=O) groups excluding carboxylic acids is 3. The summed E-state index contributed by atoms with van der Waals surface area (Å²) in [7, 11) is 0. The number of aliphatic carboxylic acids is 1. The summed E-state index contributed by atoms with van der Waals surface area (Å²) in [6.45, 7) is 2.67. The summed E-state index contributed by atoms with van der Waals surface area (Å²) in [5.74, 6) is -1.73. The first kappa shape index (κ1) is 27.9. The summed E-state index contributed by atoms with van der Waals surface area (Å²) >= 11 is 3.86. The smallest absolute Gasteiger partial charge is 0.287 e. The van der Waals surface area contributed by atoms with E-state index in [0.29, 0.717) is 17.9 Å². The third kappa shape index (κ3) is 5.24. The summed E-state index contributed by atoms with van der Waals surface area (Å²) in [5.41, 5.74) is 12.2. The highest BCUT2D eigenvalue weighted by Crippen LogP contribution is 2.40. The van der Waals surface area contributed by atoms with Gasteiger partial charge < -0.3 is 31.5 Å². The number of oxime groups is 1. The van der Waals surface area contributed by atoms with E-state index in [1.165, 1.54) is 16.7 Å². The van der Waals surface area contributed by atoms with Crippen LogP contribution < -0.4 is 26.5 Å². The van der Waals surface area contributed by atoms with E-state index in [0.717, 1.165) is 28.0 Å². The van der Waals surface area contributed by atoms with Gasteiger partial charge in [-0.1, -0.05) is 16.9 Å². The minimum atomic E-state index is -1.46. The lowest BCUT2D eigenvalue weighted by atomic mass is 10.0. The van der Waals surface area contributed by atoms with Crippen molar-refractivity contribution in [2.75, 3.05) is 30.4 Å². The van der Waals surface area contributed by atoms with Crippen LogP contribution in [0.15, 0.2) is 52.0 Å². The van der Waals surface area contributed by atoms with Gasteiger partial charge in [0.1, 0.15) is 37.0 Å². The summed E-state index contributed by atoms with van der Waals surface area (Å²) in [5, 5.41) is 19.2. The molecule has 210 valence electrons. The molecule has 5 heterocycles. The molecule has 0 aromatic carbocycles. The topological polar surface area (TPSA) is 197 Å². The van der Waals surface area contributed by atoms with Gasteiger partial charge >= 0.3 is 0 Å². The maximum absolute atomic E-state index is 13.2. The number of nitrogens with one attached hydrogen (secondary N) is 1. The van der Waals surface area contributed by atoms with Crippen molar-refractivity contribution in [1.29, 1.82) is 0 Å². The Morgan fingerprint density at radius 3 is 2.92 bits per heavy atom. The highest BCUT2D eigenvalue weighted by molar-refractivity contribution is 8.00. The minimum Gasteiger partial charge on any atom is -0.543 e. The van der Waals surface area contributed by atoms with Crippen molar-refractivity contribution in [3.63, 3.8) is 0 Å². The molecular weight excluding hydrogens is 579 g/mol. The van der Waals surface area contributed by atoms with Crippen LogP contribution in [0, 0.1) is 0 Å². The van der Waals surface area contributed by atoms with Gasteiger partial charge in [0.15, 0.2) is 10.2 Å². The molecule has 5 rings (SSSR count). The molecule has 14 nitrogen and oxygen atoms in total. The number of hydrogen-bond donors (Lipinski definition) is 3. The zero-order valence-electron chi connectivity index (χ0n) is 21.2. The van der Waals surface area contributed by atoms with Crippen molar-refractivity contribution in [2.24, 2.45) is 10.9 Å². The molecule has 17 heteroatoms. The minimum absolute atomic E-state index is 0.0348. The molecule has 5 N–H and O–H groups in total. The predicted octanol–water partition coefficient (Wildman–Crippen LogP) is -1.44. The number of amides is 2. The number of nitrogens with two attached hydrogens (primary N) is 2. The van der Waals surface area contributed by atoms with E-state index < -0.39 is 29.2 Å². The Balaban J connectivity index is 1.36. The Hall–Kier alpha value is -3.67. The maximum Gasteiger partial charge on any atom is 0.287 e. The Bertz CT molecular complexity index is 1530. The monoisotopic (exact) mass is 603 g/mol. The first-order chi connectivity index (χ1) is 19.3. The third-order valence-corrected chi connectivity index (χ3v) is 9.02. The number of nitrogens with zero attached hydrogens (tertiary/aromatic N) is 6. The number of β-lactam (4-membered cyclic amide) rings is 1. The van der Waals surface area contributed by atoms with Gasteiger partial charge in [0.2, 0.25) is 11.5 Å². The zero-order chi connectivity index (χ0) is 28.4. The number of carboxylic acids is 1.